The van der Waals surface area contributed by atoms with E-state index >= 15 is 0 Å². The summed E-state index contributed by atoms with van der Waals surface area (Å²) in [5, 5.41) is 10.6. The maximum atomic E-state index is 6.03. The predicted molar refractivity (Wildman–Crippen MR) is 78.6 cm³/mol. The van der Waals surface area contributed by atoms with E-state index in [9.17, 15) is 0 Å². The van der Waals surface area contributed by atoms with Crippen LogP contribution >= 0.6 is 11.6 Å². The molecule has 0 spiro atoms. The molecule has 0 aliphatic heterocycles. The lowest BCUT2D eigenvalue weighted by atomic mass is 10.00. The van der Waals surface area contributed by atoms with Gasteiger partial charge in [0.05, 0.1) is 11.9 Å². The van der Waals surface area contributed by atoms with E-state index in [1.807, 2.05) is 25.5 Å². The highest BCUT2D eigenvalue weighted by Gasteiger charge is 2.14. The van der Waals surface area contributed by atoms with Gasteiger partial charge in [0.25, 0.3) is 0 Å². The van der Waals surface area contributed by atoms with Crippen LogP contribution in [0.3, 0.4) is 0 Å². The van der Waals surface area contributed by atoms with Crippen LogP contribution in [0.15, 0.2) is 24.7 Å². The highest BCUT2D eigenvalue weighted by molar-refractivity contribution is 6.30. The molecule has 0 N–H and O–H groups in total. The molecule has 5 nitrogen and oxygen atoms in total. The standard InChI is InChI=1S/C14H14ClN5/c1-8(2)14-9-4-13(15)16-5-10(9)11(6-17-14)12-7-20(3)19-18-12/h4-8H,1-3H3. The molecule has 3 rings (SSSR count). The van der Waals surface area contributed by atoms with Gasteiger partial charge in [-0.3, -0.25) is 9.67 Å². The second kappa shape index (κ2) is 4.83. The average Bonchev–Trinajstić information content (AvgIpc) is 2.83. The van der Waals surface area contributed by atoms with Gasteiger partial charge in [-0.15, -0.1) is 5.10 Å². The highest BCUT2D eigenvalue weighted by atomic mass is 35.5. The fraction of sp³-hybridized carbons (Fsp3) is 0.286. The number of fused-ring (bicyclic) bond motifs is 1. The summed E-state index contributed by atoms with van der Waals surface area (Å²) < 4.78 is 1.67. The van der Waals surface area contributed by atoms with E-state index in [4.69, 9.17) is 11.6 Å². The smallest absolute Gasteiger partial charge is 0.129 e. The molecule has 0 radical (unpaired) electrons. The minimum atomic E-state index is 0.312. The summed E-state index contributed by atoms with van der Waals surface area (Å²) in [4.78, 5) is 8.75. The molecule has 6 heteroatoms. The third-order valence-corrected chi connectivity index (χ3v) is 3.40. The van der Waals surface area contributed by atoms with Crippen LogP contribution in [0.4, 0.5) is 0 Å². The lowest BCUT2D eigenvalue weighted by Gasteiger charge is -2.11. The van der Waals surface area contributed by atoms with Gasteiger partial charge in [0, 0.05) is 35.8 Å². The Labute approximate surface area is 121 Å². The molecule has 0 fully saturated rings. The molecule has 102 valence electrons. The van der Waals surface area contributed by atoms with Crippen molar-refractivity contribution in [1.29, 1.82) is 0 Å². The molecular formula is C14H14ClN5. The van der Waals surface area contributed by atoms with Gasteiger partial charge in [0.15, 0.2) is 0 Å². The first kappa shape index (κ1) is 13.0. The zero-order valence-corrected chi connectivity index (χ0v) is 12.3. The highest BCUT2D eigenvalue weighted by Crippen LogP contribution is 2.31. The normalized spacial score (nSPS) is 11.4. The number of hydrogen-bond acceptors (Lipinski definition) is 4. The van der Waals surface area contributed by atoms with Gasteiger partial charge < -0.3 is 0 Å². The fourth-order valence-corrected chi connectivity index (χ4v) is 2.42. The average molecular weight is 288 g/mol. The lowest BCUT2D eigenvalue weighted by molar-refractivity contribution is 0.715. The number of pyridine rings is 2. The Hall–Kier alpha value is -2.01. The van der Waals surface area contributed by atoms with Crippen molar-refractivity contribution in [2.75, 3.05) is 0 Å². The molecule has 3 aromatic rings. The molecule has 0 atom stereocenters. The number of nitrogens with zero attached hydrogens (tertiary/aromatic N) is 5. The van der Waals surface area contributed by atoms with Crippen LogP contribution in [0.1, 0.15) is 25.5 Å². The second-order valence-corrected chi connectivity index (χ2v) is 5.43. The zero-order valence-electron chi connectivity index (χ0n) is 11.5. The minimum Gasteiger partial charge on any atom is -0.260 e. The van der Waals surface area contributed by atoms with E-state index in [1.165, 1.54) is 0 Å². The van der Waals surface area contributed by atoms with E-state index in [1.54, 1.807) is 10.9 Å². The minimum absolute atomic E-state index is 0.312. The molecule has 0 saturated carbocycles. The van der Waals surface area contributed by atoms with E-state index in [0.29, 0.717) is 11.1 Å². The summed E-state index contributed by atoms with van der Waals surface area (Å²) in [5.74, 6) is 0.312. The summed E-state index contributed by atoms with van der Waals surface area (Å²) in [5.41, 5.74) is 2.71. The number of aromatic nitrogens is 5. The quantitative estimate of drug-likeness (QED) is 0.679. The van der Waals surface area contributed by atoms with Crippen molar-refractivity contribution in [2.24, 2.45) is 7.05 Å². The van der Waals surface area contributed by atoms with Crippen molar-refractivity contribution in [3.63, 3.8) is 0 Å². The van der Waals surface area contributed by atoms with E-state index in [-0.39, 0.29) is 0 Å². The van der Waals surface area contributed by atoms with Crippen LogP contribution in [0, 0.1) is 0 Å². The van der Waals surface area contributed by atoms with Crippen LogP contribution in [0.5, 0.6) is 0 Å². The molecule has 3 aromatic heterocycles. The molecular weight excluding hydrogens is 274 g/mol. The topological polar surface area (TPSA) is 56.5 Å². The van der Waals surface area contributed by atoms with Gasteiger partial charge in [-0.25, -0.2) is 4.98 Å². The van der Waals surface area contributed by atoms with E-state index in [0.717, 1.165) is 27.7 Å². The Morgan fingerprint density at radius 1 is 1.15 bits per heavy atom. The molecule has 0 bridgehead atoms. The molecule has 3 heterocycles. The predicted octanol–water partition coefficient (Wildman–Crippen LogP) is 3.20. The van der Waals surface area contributed by atoms with Crippen molar-refractivity contribution >= 4 is 22.4 Å². The maximum absolute atomic E-state index is 6.03. The lowest BCUT2D eigenvalue weighted by Crippen LogP contribution is -1.97. The third-order valence-electron chi connectivity index (χ3n) is 3.19. The Bertz CT molecular complexity index is 778. The van der Waals surface area contributed by atoms with Crippen LogP contribution in [0.25, 0.3) is 22.0 Å². The van der Waals surface area contributed by atoms with Gasteiger partial charge in [-0.05, 0) is 12.0 Å². The first-order valence-corrected chi connectivity index (χ1v) is 6.75. The summed E-state index contributed by atoms with van der Waals surface area (Å²) in [6, 6.07) is 1.86. The van der Waals surface area contributed by atoms with Crippen LogP contribution in [-0.4, -0.2) is 25.0 Å². The number of hydrogen-bond donors (Lipinski definition) is 0. The van der Waals surface area contributed by atoms with Crippen molar-refractivity contribution in [3.8, 4) is 11.3 Å². The zero-order chi connectivity index (χ0) is 14.3. The number of halogens is 1. The molecule has 0 aromatic carbocycles. The van der Waals surface area contributed by atoms with Gasteiger partial charge in [0.2, 0.25) is 0 Å². The Kier molecular flexibility index (Phi) is 3.14. The summed E-state index contributed by atoms with van der Waals surface area (Å²) in [6.45, 7) is 4.22. The van der Waals surface area contributed by atoms with Crippen molar-refractivity contribution in [2.45, 2.75) is 19.8 Å². The summed E-state index contributed by atoms with van der Waals surface area (Å²) in [7, 11) is 1.84. The summed E-state index contributed by atoms with van der Waals surface area (Å²) >= 11 is 6.03. The van der Waals surface area contributed by atoms with Crippen LogP contribution in [-0.2, 0) is 7.05 Å². The fourth-order valence-electron chi connectivity index (χ4n) is 2.26. The molecule has 0 aliphatic rings. The first-order chi connectivity index (χ1) is 9.56. The van der Waals surface area contributed by atoms with E-state index in [2.05, 4.69) is 34.1 Å². The van der Waals surface area contributed by atoms with Crippen LogP contribution < -0.4 is 0 Å². The monoisotopic (exact) mass is 287 g/mol. The molecule has 0 aliphatic carbocycles. The summed E-state index contributed by atoms with van der Waals surface area (Å²) in [6.07, 6.45) is 5.46. The maximum Gasteiger partial charge on any atom is 0.129 e. The van der Waals surface area contributed by atoms with Gasteiger partial charge in [0.1, 0.15) is 10.8 Å². The SMILES string of the molecule is CC(C)c1ncc(-c2cn(C)nn2)c2cnc(Cl)cc12. The number of rotatable bonds is 2. The molecule has 20 heavy (non-hydrogen) atoms. The molecule has 0 unspecified atom stereocenters. The Morgan fingerprint density at radius 3 is 2.60 bits per heavy atom. The third kappa shape index (κ3) is 2.14. The molecule has 0 saturated heterocycles. The Morgan fingerprint density at radius 2 is 1.95 bits per heavy atom. The first-order valence-electron chi connectivity index (χ1n) is 6.37. The van der Waals surface area contributed by atoms with Crippen LogP contribution in [0.2, 0.25) is 5.15 Å². The van der Waals surface area contributed by atoms with Crippen molar-refractivity contribution < 1.29 is 0 Å². The van der Waals surface area contributed by atoms with E-state index < -0.39 is 0 Å². The van der Waals surface area contributed by atoms with Gasteiger partial charge in [-0.1, -0.05) is 30.7 Å². The van der Waals surface area contributed by atoms with Crippen molar-refractivity contribution in [1.82, 2.24) is 25.0 Å². The van der Waals surface area contributed by atoms with Gasteiger partial charge in [-0.2, -0.15) is 0 Å². The molecule has 0 amide bonds. The number of aryl methyl sites for hydroxylation is 1. The Balaban J connectivity index is 2.33. The second-order valence-electron chi connectivity index (χ2n) is 5.04. The van der Waals surface area contributed by atoms with Crippen molar-refractivity contribution in [3.05, 3.63) is 35.5 Å². The van der Waals surface area contributed by atoms with Gasteiger partial charge >= 0.3 is 0 Å². The largest absolute Gasteiger partial charge is 0.260 e.